The SMILES string of the molecule is Cc1ccc(C(=O)/C=C/c2ccc(-c3ccccc3Br)o2)cc1C. The van der Waals surface area contributed by atoms with Crippen LogP contribution in [0.5, 0.6) is 0 Å². The zero-order chi connectivity index (χ0) is 17.1. The van der Waals surface area contributed by atoms with Gasteiger partial charge in [-0.05, 0) is 61.4 Å². The maximum Gasteiger partial charge on any atom is 0.185 e. The Bertz CT molecular complexity index is 919. The molecule has 0 unspecified atom stereocenters. The largest absolute Gasteiger partial charge is 0.457 e. The third-order valence-electron chi connectivity index (χ3n) is 3.96. The van der Waals surface area contributed by atoms with Crippen molar-refractivity contribution < 1.29 is 9.21 Å². The summed E-state index contributed by atoms with van der Waals surface area (Å²) >= 11 is 3.52. The molecule has 0 atom stereocenters. The molecule has 0 aliphatic rings. The molecule has 0 spiro atoms. The molecule has 0 fully saturated rings. The van der Waals surface area contributed by atoms with Crippen molar-refractivity contribution in [1.82, 2.24) is 0 Å². The Morgan fingerprint density at radius 2 is 1.79 bits per heavy atom. The van der Waals surface area contributed by atoms with Crippen LogP contribution in [0, 0.1) is 13.8 Å². The highest BCUT2D eigenvalue weighted by Gasteiger charge is 2.07. The van der Waals surface area contributed by atoms with Crippen LogP contribution in [0.4, 0.5) is 0 Å². The lowest BCUT2D eigenvalue weighted by molar-refractivity contribution is 0.104. The van der Waals surface area contributed by atoms with Crippen molar-refractivity contribution in [3.05, 3.63) is 87.6 Å². The molecule has 1 aromatic heterocycles. The summed E-state index contributed by atoms with van der Waals surface area (Å²) in [7, 11) is 0. The minimum absolute atomic E-state index is 0.0306. The van der Waals surface area contributed by atoms with Gasteiger partial charge in [0, 0.05) is 15.6 Å². The molecular weight excluding hydrogens is 364 g/mol. The molecule has 0 saturated carbocycles. The Hall–Kier alpha value is -2.39. The van der Waals surface area contributed by atoms with E-state index in [1.54, 1.807) is 12.2 Å². The van der Waals surface area contributed by atoms with Crippen molar-refractivity contribution in [2.75, 3.05) is 0 Å². The van der Waals surface area contributed by atoms with E-state index in [-0.39, 0.29) is 5.78 Å². The summed E-state index contributed by atoms with van der Waals surface area (Å²) < 4.78 is 6.78. The van der Waals surface area contributed by atoms with Crippen LogP contribution in [-0.4, -0.2) is 5.78 Å². The molecule has 0 aliphatic heterocycles. The second kappa shape index (κ2) is 7.02. The Morgan fingerprint density at radius 3 is 2.54 bits per heavy atom. The molecule has 3 rings (SSSR count). The Balaban J connectivity index is 1.79. The normalized spacial score (nSPS) is 11.1. The van der Waals surface area contributed by atoms with Gasteiger partial charge in [-0.1, -0.05) is 46.3 Å². The van der Waals surface area contributed by atoms with Gasteiger partial charge in [-0.25, -0.2) is 0 Å². The fourth-order valence-corrected chi connectivity index (χ4v) is 2.88. The topological polar surface area (TPSA) is 30.2 Å². The molecule has 0 saturated heterocycles. The number of rotatable bonds is 4. The van der Waals surface area contributed by atoms with Gasteiger partial charge < -0.3 is 4.42 Å². The molecule has 2 aromatic carbocycles. The molecule has 2 nitrogen and oxygen atoms in total. The van der Waals surface area contributed by atoms with Gasteiger partial charge in [0.2, 0.25) is 0 Å². The van der Waals surface area contributed by atoms with Gasteiger partial charge in [-0.3, -0.25) is 4.79 Å². The van der Waals surface area contributed by atoms with E-state index in [0.29, 0.717) is 11.3 Å². The molecule has 0 N–H and O–H groups in total. The highest BCUT2D eigenvalue weighted by molar-refractivity contribution is 9.10. The second-order valence-corrected chi connectivity index (χ2v) is 6.53. The van der Waals surface area contributed by atoms with Gasteiger partial charge in [-0.15, -0.1) is 0 Å². The van der Waals surface area contributed by atoms with E-state index in [2.05, 4.69) is 15.9 Å². The number of ketones is 1. The number of hydrogen-bond acceptors (Lipinski definition) is 2. The van der Waals surface area contributed by atoms with Crippen molar-refractivity contribution in [3.8, 4) is 11.3 Å². The van der Waals surface area contributed by atoms with Crippen molar-refractivity contribution >= 4 is 27.8 Å². The van der Waals surface area contributed by atoms with Crippen molar-refractivity contribution in [2.45, 2.75) is 13.8 Å². The van der Waals surface area contributed by atoms with Crippen LogP contribution in [-0.2, 0) is 0 Å². The molecule has 1 heterocycles. The zero-order valence-electron chi connectivity index (χ0n) is 13.5. The van der Waals surface area contributed by atoms with Crippen LogP contribution in [0.25, 0.3) is 17.4 Å². The molecular formula is C21H17BrO2. The summed E-state index contributed by atoms with van der Waals surface area (Å²) in [6, 6.07) is 17.4. The van der Waals surface area contributed by atoms with Gasteiger partial charge >= 0.3 is 0 Å². The Kier molecular flexibility index (Phi) is 4.81. The lowest BCUT2D eigenvalue weighted by Gasteiger charge is -2.01. The highest BCUT2D eigenvalue weighted by atomic mass is 79.9. The summed E-state index contributed by atoms with van der Waals surface area (Å²) in [6.07, 6.45) is 3.25. The van der Waals surface area contributed by atoms with Gasteiger partial charge in [0.25, 0.3) is 0 Å². The number of allylic oxidation sites excluding steroid dienone is 1. The fraction of sp³-hybridized carbons (Fsp3) is 0.0952. The van der Waals surface area contributed by atoms with E-state index in [9.17, 15) is 4.79 Å². The van der Waals surface area contributed by atoms with E-state index < -0.39 is 0 Å². The maximum atomic E-state index is 12.3. The smallest absolute Gasteiger partial charge is 0.185 e. The third-order valence-corrected chi connectivity index (χ3v) is 4.65. The summed E-state index contributed by atoms with van der Waals surface area (Å²) in [5.41, 5.74) is 3.97. The van der Waals surface area contributed by atoms with Gasteiger partial charge in [-0.2, -0.15) is 0 Å². The number of hydrogen-bond donors (Lipinski definition) is 0. The van der Waals surface area contributed by atoms with Crippen LogP contribution in [0.1, 0.15) is 27.2 Å². The van der Waals surface area contributed by atoms with Gasteiger partial charge in [0.1, 0.15) is 11.5 Å². The fourth-order valence-electron chi connectivity index (χ4n) is 2.40. The van der Waals surface area contributed by atoms with E-state index in [0.717, 1.165) is 21.4 Å². The van der Waals surface area contributed by atoms with Crippen molar-refractivity contribution in [1.29, 1.82) is 0 Å². The van der Waals surface area contributed by atoms with Crippen LogP contribution < -0.4 is 0 Å². The predicted molar refractivity (Wildman–Crippen MR) is 101 cm³/mol. The number of aryl methyl sites for hydroxylation is 2. The highest BCUT2D eigenvalue weighted by Crippen LogP contribution is 2.29. The van der Waals surface area contributed by atoms with E-state index in [1.807, 2.05) is 68.4 Å². The first-order valence-corrected chi connectivity index (χ1v) is 8.48. The molecule has 3 aromatic rings. The summed E-state index contributed by atoms with van der Waals surface area (Å²) in [6.45, 7) is 4.04. The van der Waals surface area contributed by atoms with Crippen LogP contribution in [0.15, 0.2) is 69.6 Å². The lowest BCUT2D eigenvalue weighted by atomic mass is 10.0. The molecule has 3 heteroatoms. The molecule has 120 valence electrons. The quantitative estimate of drug-likeness (QED) is 0.397. The molecule has 0 bridgehead atoms. The monoisotopic (exact) mass is 380 g/mol. The van der Waals surface area contributed by atoms with Crippen LogP contribution >= 0.6 is 15.9 Å². The minimum Gasteiger partial charge on any atom is -0.457 e. The summed E-state index contributed by atoms with van der Waals surface area (Å²) in [5.74, 6) is 1.38. The molecule has 0 amide bonds. The number of benzene rings is 2. The predicted octanol–water partition coefficient (Wildman–Crippen LogP) is 6.22. The number of furan rings is 1. The second-order valence-electron chi connectivity index (χ2n) is 5.68. The Morgan fingerprint density at radius 1 is 1.00 bits per heavy atom. The molecule has 0 aliphatic carbocycles. The third kappa shape index (κ3) is 3.57. The summed E-state index contributed by atoms with van der Waals surface area (Å²) in [5, 5.41) is 0. The van der Waals surface area contributed by atoms with Crippen LogP contribution in [0.2, 0.25) is 0 Å². The molecule has 0 radical (unpaired) electrons. The van der Waals surface area contributed by atoms with Crippen molar-refractivity contribution in [3.63, 3.8) is 0 Å². The number of carbonyl (C=O) groups is 1. The zero-order valence-corrected chi connectivity index (χ0v) is 15.1. The number of carbonyl (C=O) groups excluding carboxylic acids is 1. The van der Waals surface area contributed by atoms with E-state index >= 15 is 0 Å². The first kappa shape index (κ1) is 16.5. The Labute approximate surface area is 150 Å². The van der Waals surface area contributed by atoms with Gasteiger partial charge in [0.15, 0.2) is 5.78 Å². The van der Waals surface area contributed by atoms with E-state index in [4.69, 9.17) is 4.42 Å². The summed E-state index contributed by atoms with van der Waals surface area (Å²) in [4.78, 5) is 12.3. The van der Waals surface area contributed by atoms with Crippen molar-refractivity contribution in [2.24, 2.45) is 0 Å². The lowest BCUT2D eigenvalue weighted by Crippen LogP contribution is -1.95. The standard InChI is InChI=1S/C21H17BrO2/c1-14-7-8-16(13-15(14)2)20(23)11-9-17-10-12-21(24-17)18-5-3-4-6-19(18)22/h3-13H,1-2H3/b11-9+. The number of halogens is 1. The molecule has 24 heavy (non-hydrogen) atoms. The van der Waals surface area contributed by atoms with Gasteiger partial charge in [0.05, 0.1) is 0 Å². The average molecular weight is 381 g/mol. The van der Waals surface area contributed by atoms with Crippen LogP contribution in [0.3, 0.4) is 0 Å². The first-order valence-electron chi connectivity index (χ1n) is 7.69. The maximum absolute atomic E-state index is 12.3. The van der Waals surface area contributed by atoms with E-state index in [1.165, 1.54) is 5.56 Å². The first-order chi connectivity index (χ1) is 11.5. The average Bonchev–Trinajstić information content (AvgIpc) is 3.04. The minimum atomic E-state index is -0.0306.